The molecule has 1 atom stereocenters. The number of carbonyl (C=O) groups excluding carboxylic acids is 2. The van der Waals surface area contributed by atoms with Gasteiger partial charge in [0, 0.05) is 30.3 Å². The summed E-state index contributed by atoms with van der Waals surface area (Å²) in [5.74, 6) is 0.389. The molecule has 0 unspecified atom stereocenters. The van der Waals surface area contributed by atoms with E-state index in [9.17, 15) is 9.59 Å². The zero-order valence-corrected chi connectivity index (χ0v) is 15.4. The normalized spacial score (nSPS) is 16.3. The van der Waals surface area contributed by atoms with Crippen LogP contribution in [0.15, 0.2) is 65.2 Å². The molecule has 6 nitrogen and oxygen atoms in total. The summed E-state index contributed by atoms with van der Waals surface area (Å²) in [6, 6.07) is 18.7. The number of hydrogen-bond acceptors (Lipinski definition) is 4. The number of hydrogen-bond donors (Lipinski definition) is 1. The summed E-state index contributed by atoms with van der Waals surface area (Å²) in [7, 11) is 0. The molecule has 0 bridgehead atoms. The van der Waals surface area contributed by atoms with Gasteiger partial charge in [0.25, 0.3) is 5.91 Å². The minimum atomic E-state index is -0.426. The summed E-state index contributed by atoms with van der Waals surface area (Å²) in [6.07, 6.45) is 1.72. The summed E-state index contributed by atoms with van der Waals surface area (Å²) >= 11 is 0. The lowest BCUT2D eigenvalue weighted by Crippen LogP contribution is -2.29. The second-order valence-corrected chi connectivity index (χ2v) is 7.12. The van der Waals surface area contributed by atoms with Crippen molar-refractivity contribution in [1.82, 2.24) is 10.1 Å². The van der Waals surface area contributed by atoms with Crippen molar-refractivity contribution in [3.63, 3.8) is 0 Å². The molecular weight excluding hydrogens is 354 g/mol. The van der Waals surface area contributed by atoms with Gasteiger partial charge in [-0.3, -0.25) is 9.59 Å². The highest BCUT2D eigenvalue weighted by Gasteiger charge is 2.29. The lowest BCUT2D eigenvalue weighted by Gasteiger charge is -2.15. The molecule has 2 aromatic carbocycles. The second kappa shape index (κ2) is 7.68. The third-order valence-corrected chi connectivity index (χ3v) is 5.10. The Morgan fingerprint density at radius 2 is 1.93 bits per heavy atom. The highest BCUT2D eigenvalue weighted by molar-refractivity contribution is 5.93. The van der Waals surface area contributed by atoms with Crippen LogP contribution in [0.5, 0.6) is 0 Å². The summed E-state index contributed by atoms with van der Waals surface area (Å²) in [6.45, 7) is 1.35. The van der Waals surface area contributed by atoms with Gasteiger partial charge >= 0.3 is 0 Å². The van der Waals surface area contributed by atoms with Crippen molar-refractivity contribution in [2.75, 3.05) is 13.1 Å². The van der Waals surface area contributed by atoms with Gasteiger partial charge in [-0.2, -0.15) is 0 Å². The van der Waals surface area contributed by atoms with Crippen molar-refractivity contribution in [1.29, 1.82) is 0 Å². The Balaban J connectivity index is 1.40. The van der Waals surface area contributed by atoms with Crippen LogP contribution in [-0.4, -0.2) is 35.0 Å². The van der Waals surface area contributed by atoms with Crippen LogP contribution in [0.1, 0.15) is 32.8 Å². The Labute approximate surface area is 162 Å². The Morgan fingerprint density at radius 3 is 2.71 bits per heavy atom. The number of carbonyl (C=O) groups is 2. The number of benzene rings is 2. The first-order valence-corrected chi connectivity index (χ1v) is 9.30. The number of rotatable bonds is 5. The predicted octanol–water partition coefficient (Wildman–Crippen LogP) is 3.15. The molecule has 0 radical (unpaired) electrons. The van der Waals surface area contributed by atoms with Gasteiger partial charge in [-0.05, 0) is 36.5 Å². The first kappa shape index (κ1) is 18.0. The van der Waals surface area contributed by atoms with Gasteiger partial charge < -0.3 is 15.2 Å². The number of likely N-dealkylation sites (tertiary alicyclic amines) is 1. The molecule has 1 aliphatic heterocycles. The molecule has 1 fully saturated rings. The van der Waals surface area contributed by atoms with Crippen molar-refractivity contribution < 1.29 is 14.1 Å². The molecule has 2 N–H and O–H groups in total. The van der Waals surface area contributed by atoms with E-state index in [4.69, 9.17) is 10.3 Å². The highest BCUT2D eigenvalue weighted by atomic mass is 16.5. The molecule has 1 aromatic heterocycles. The lowest BCUT2D eigenvalue weighted by molar-refractivity contribution is 0.0776. The topological polar surface area (TPSA) is 89.4 Å². The van der Waals surface area contributed by atoms with E-state index in [0.717, 1.165) is 24.0 Å². The van der Waals surface area contributed by atoms with Crippen LogP contribution in [0.4, 0.5) is 0 Å². The van der Waals surface area contributed by atoms with Gasteiger partial charge in [0.2, 0.25) is 5.91 Å². The molecule has 0 spiro atoms. The first-order valence-electron chi connectivity index (χ1n) is 9.30. The Morgan fingerprint density at radius 1 is 1.11 bits per heavy atom. The van der Waals surface area contributed by atoms with Crippen LogP contribution in [0.25, 0.3) is 11.3 Å². The van der Waals surface area contributed by atoms with Gasteiger partial charge in [0.15, 0.2) is 11.5 Å². The van der Waals surface area contributed by atoms with Gasteiger partial charge in [0.05, 0.1) is 0 Å². The van der Waals surface area contributed by atoms with E-state index in [-0.39, 0.29) is 5.91 Å². The zero-order valence-electron chi connectivity index (χ0n) is 15.4. The van der Waals surface area contributed by atoms with Crippen molar-refractivity contribution in [2.45, 2.75) is 12.8 Å². The molecule has 0 saturated carbocycles. The van der Waals surface area contributed by atoms with E-state index in [1.165, 1.54) is 0 Å². The fourth-order valence-corrected chi connectivity index (χ4v) is 3.65. The molecule has 2 amide bonds. The minimum absolute atomic E-state index is 0.112. The van der Waals surface area contributed by atoms with Gasteiger partial charge in [0.1, 0.15) is 0 Å². The smallest absolute Gasteiger partial charge is 0.276 e. The summed E-state index contributed by atoms with van der Waals surface area (Å²) in [5.41, 5.74) is 8.15. The van der Waals surface area contributed by atoms with E-state index in [1.807, 2.05) is 53.4 Å². The van der Waals surface area contributed by atoms with Crippen LogP contribution >= 0.6 is 0 Å². The maximum Gasteiger partial charge on any atom is 0.276 e. The monoisotopic (exact) mass is 375 g/mol. The Hall–Kier alpha value is -3.41. The zero-order chi connectivity index (χ0) is 19.5. The van der Waals surface area contributed by atoms with Crippen molar-refractivity contribution in [3.05, 3.63) is 77.5 Å². The average Bonchev–Trinajstić information content (AvgIpc) is 3.38. The molecule has 2 heterocycles. The molecular formula is C22H21N3O3. The first-order chi connectivity index (χ1) is 13.6. The molecule has 1 aliphatic rings. The second-order valence-electron chi connectivity index (χ2n) is 7.12. The molecule has 3 aromatic rings. The largest absolute Gasteiger partial charge is 0.366 e. The summed E-state index contributed by atoms with van der Waals surface area (Å²) in [5, 5.41) is 3.96. The van der Waals surface area contributed by atoms with E-state index in [2.05, 4.69) is 5.16 Å². The van der Waals surface area contributed by atoms with Crippen molar-refractivity contribution in [2.24, 2.45) is 11.7 Å². The van der Waals surface area contributed by atoms with E-state index >= 15 is 0 Å². The van der Waals surface area contributed by atoms with Crippen LogP contribution in [0, 0.1) is 5.92 Å². The average molecular weight is 375 g/mol. The number of nitrogens with two attached hydrogens (primary N) is 1. The maximum atomic E-state index is 12.8. The summed E-state index contributed by atoms with van der Waals surface area (Å²) < 4.78 is 5.35. The van der Waals surface area contributed by atoms with Crippen LogP contribution in [0.3, 0.4) is 0 Å². The maximum absolute atomic E-state index is 12.8. The van der Waals surface area contributed by atoms with Crippen molar-refractivity contribution in [3.8, 4) is 11.3 Å². The molecule has 6 heteroatoms. The molecule has 142 valence electrons. The lowest BCUT2D eigenvalue weighted by atomic mass is 9.97. The predicted molar refractivity (Wildman–Crippen MR) is 105 cm³/mol. The fraction of sp³-hybridized carbons (Fsp3) is 0.227. The van der Waals surface area contributed by atoms with E-state index in [1.54, 1.807) is 12.1 Å². The standard InChI is InChI=1S/C22H21N3O3/c23-21(26)18-8-4-5-15(12-18)11-16-9-10-25(14-16)22(27)19-13-20(28-24-19)17-6-2-1-3-7-17/h1-8,12-13,16H,9-11,14H2,(H2,23,26)/t16-/m1/s1. The third-order valence-electron chi connectivity index (χ3n) is 5.10. The van der Waals surface area contributed by atoms with E-state index < -0.39 is 5.91 Å². The summed E-state index contributed by atoms with van der Waals surface area (Å²) in [4.78, 5) is 25.9. The van der Waals surface area contributed by atoms with E-state index in [0.29, 0.717) is 36.0 Å². The quantitative estimate of drug-likeness (QED) is 0.742. The molecule has 28 heavy (non-hydrogen) atoms. The number of amides is 2. The SMILES string of the molecule is NC(=O)c1cccc(C[C@H]2CCN(C(=O)c3cc(-c4ccccc4)on3)C2)c1. The van der Waals surface area contributed by atoms with Crippen molar-refractivity contribution >= 4 is 11.8 Å². The van der Waals surface area contributed by atoms with Crippen LogP contribution < -0.4 is 5.73 Å². The minimum Gasteiger partial charge on any atom is -0.366 e. The van der Waals surface area contributed by atoms with Gasteiger partial charge in [-0.1, -0.05) is 47.6 Å². The van der Waals surface area contributed by atoms with Gasteiger partial charge in [-0.15, -0.1) is 0 Å². The molecule has 1 saturated heterocycles. The number of aromatic nitrogens is 1. The highest BCUT2D eigenvalue weighted by Crippen LogP contribution is 2.25. The molecule has 0 aliphatic carbocycles. The third kappa shape index (κ3) is 3.81. The number of nitrogens with zero attached hydrogens (tertiary/aromatic N) is 2. The van der Waals surface area contributed by atoms with Gasteiger partial charge in [-0.25, -0.2) is 0 Å². The Kier molecular flexibility index (Phi) is 4.93. The van der Waals surface area contributed by atoms with Crippen LogP contribution in [-0.2, 0) is 6.42 Å². The fourth-order valence-electron chi connectivity index (χ4n) is 3.65. The molecule has 4 rings (SSSR count). The van der Waals surface area contributed by atoms with Crippen LogP contribution in [0.2, 0.25) is 0 Å². The Bertz CT molecular complexity index is 997. The number of primary amides is 1.